The van der Waals surface area contributed by atoms with Crippen molar-refractivity contribution in [3.8, 4) is 6.07 Å². The van der Waals surface area contributed by atoms with Crippen LogP contribution in [-0.4, -0.2) is 23.0 Å². The van der Waals surface area contributed by atoms with E-state index >= 15 is 0 Å². The Morgan fingerprint density at radius 1 is 1.22 bits per heavy atom. The Hall–Kier alpha value is -2.65. The molecular formula is C17H13BrN2O3. The molecule has 23 heavy (non-hydrogen) atoms. The van der Waals surface area contributed by atoms with Crippen LogP contribution in [-0.2, 0) is 11.2 Å². The number of carboxylic acids is 1. The number of rotatable bonds is 5. The van der Waals surface area contributed by atoms with Crippen LogP contribution < -0.4 is 5.32 Å². The third-order valence-electron chi connectivity index (χ3n) is 3.21. The molecule has 0 saturated carbocycles. The molecule has 0 radical (unpaired) electrons. The molecule has 1 amide bonds. The van der Waals surface area contributed by atoms with Gasteiger partial charge in [-0.15, -0.1) is 0 Å². The van der Waals surface area contributed by atoms with E-state index in [0.717, 1.165) is 10.0 Å². The second-order valence-electron chi connectivity index (χ2n) is 4.89. The van der Waals surface area contributed by atoms with Gasteiger partial charge in [-0.3, -0.25) is 4.79 Å². The highest BCUT2D eigenvalue weighted by molar-refractivity contribution is 9.10. The van der Waals surface area contributed by atoms with Crippen LogP contribution in [0, 0.1) is 11.3 Å². The maximum absolute atomic E-state index is 12.1. The van der Waals surface area contributed by atoms with Crippen molar-refractivity contribution < 1.29 is 14.7 Å². The third-order valence-corrected chi connectivity index (χ3v) is 3.70. The number of carboxylic acid groups (broad SMARTS) is 1. The van der Waals surface area contributed by atoms with Gasteiger partial charge in [0.1, 0.15) is 6.04 Å². The first-order valence-electron chi connectivity index (χ1n) is 6.78. The molecule has 2 rings (SSSR count). The standard InChI is InChI=1S/C17H13BrN2O3/c18-14-3-1-2-12(8-14)9-15(17(22)23)20-16(21)13-6-4-11(10-19)5-7-13/h1-8,15H,9H2,(H,20,21)(H,22,23)/t15-/m0/s1. The number of amides is 1. The lowest BCUT2D eigenvalue weighted by atomic mass is 10.1. The summed E-state index contributed by atoms with van der Waals surface area (Å²) in [5, 5.41) is 20.6. The van der Waals surface area contributed by atoms with Crippen molar-refractivity contribution in [2.75, 3.05) is 0 Å². The molecule has 0 bridgehead atoms. The van der Waals surface area contributed by atoms with Crippen LogP contribution in [0.4, 0.5) is 0 Å². The fourth-order valence-electron chi connectivity index (χ4n) is 2.04. The van der Waals surface area contributed by atoms with Gasteiger partial charge in [0.15, 0.2) is 0 Å². The molecule has 6 heteroatoms. The number of benzene rings is 2. The molecular weight excluding hydrogens is 360 g/mol. The molecule has 0 aliphatic carbocycles. The summed E-state index contributed by atoms with van der Waals surface area (Å²) in [6.45, 7) is 0. The first-order valence-corrected chi connectivity index (χ1v) is 7.57. The maximum atomic E-state index is 12.1. The summed E-state index contributed by atoms with van der Waals surface area (Å²) in [7, 11) is 0. The smallest absolute Gasteiger partial charge is 0.326 e. The predicted molar refractivity (Wildman–Crippen MR) is 87.9 cm³/mol. The summed E-state index contributed by atoms with van der Waals surface area (Å²) < 4.78 is 0.845. The Labute approximate surface area is 141 Å². The van der Waals surface area contributed by atoms with Gasteiger partial charge in [0, 0.05) is 16.5 Å². The van der Waals surface area contributed by atoms with Gasteiger partial charge in [0.25, 0.3) is 5.91 Å². The van der Waals surface area contributed by atoms with E-state index in [2.05, 4.69) is 21.2 Å². The number of aliphatic carboxylic acids is 1. The number of nitriles is 1. The van der Waals surface area contributed by atoms with E-state index in [1.165, 1.54) is 24.3 Å². The third kappa shape index (κ3) is 4.66. The SMILES string of the molecule is N#Cc1ccc(C(=O)N[C@@H](Cc2cccc(Br)c2)C(=O)O)cc1. The molecule has 2 aromatic carbocycles. The normalized spacial score (nSPS) is 11.3. The van der Waals surface area contributed by atoms with Crippen molar-refractivity contribution in [1.29, 1.82) is 5.26 Å². The first kappa shape index (κ1) is 16.7. The average molecular weight is 373 g/mol. The Balaban J connectivity index is 2.11. The lowest BCUT2D eigenvalue weighted by molar-refractivity contribution is -0.139. The monoisotopic (exact) mass is 372 g/mol. The van der Waals surface area contributed by atoms with E-state index in [4.69, 9.17) is 5.26 Å². The molecule has 0 aliphatic rings. The van der Waals surface area contributed by atoms with E-state index in [1.807, 2.05) is 18.2 Å². The van der Waals surface area contributed by atoms with Crippen LogP contribution in [0.5, 0.6) is 0 Å². The molecule has 1 atom stereocenters. The Bertz CT molecular complexity index is 766. The van der Waals surface area contributed by atoms with Crippen LogP contribution in [0.25, 0.3) is 0 Å². The van der Waals surface area contributed by atoms with Crippen molar-refractivity contribution in [1.82, 2.24) is 5.32 Å². The molecule has 116 valence electrons. The van der Waals surface area contributed by atoms with Crippen molar-refractivity contribution in [2.24, 2.45) is 0 Å². The Morgan fingerprint density at radius 3 is 2.48 bits per heavy atom. The van der Waals surface area contributed by atoms with E-state index in [1.54, 1.807) is 12.1 Å². The van der Waals surface area contributed by atoms with Crippen molar-refractivity contribution in [3.05, 3.63) is 69.7 Å². The molecule has 0 aromatic heterocycles. The first-order chi connectivity index (χ1) is 11.0. The quantitative estimate of drug-likeness (QED) is 0.843. The van der Waals surface area contributed by atoms with Crippen molar-refractivity contribution in [2.45, 2.75) is 12.5 Å². The lowest BCUT2D eigenvalue weighted by Gasteiger charge is -2.15. The van der Waals surface area contributed by atoms with Crippen LogP contribution >= 0.6 is 15.9 Å². The van der Waals surface area contributed by atoms with E-state index in [9.17, 15) is 14.7 Å². The summed E-state index contributed by atoms with van der Waals surface area (Å²) in [5.74, 6) is -1.59. The lowest BCUT2D eigenvalue weighted by Crippen LogP contribution is -2.42. The van der Waals surface area contributed by atoms with Crippen molar-refractivity contribution in [3.63, 3.8) is 0 Å². The Morgan fingerprint density at radius 2 is 1.91 bits per heavy atom. The molecule has 0 unspecified atom stereocenters. The van der Waals surface area contributed by atoms with Crippen molar-refractivity contribution >= 4 is 27.8 Å². The van der Waals surface area contributed by atoms with E-state index < -0.39 is 17.9 Å². The topological polar surface area (TPSA) is 90.2 Å². The molecule has 5 nitrogen and oxygen atoms in total. The number of hydrogen-bond donors (Lipinski definition) is 2. The maximum Gasteiger partial charge on any atom is 0.326 e. The summed E-state index contributed by atoms with van der Waals surface area (Å²) in [6.07, 6.45) is 0.177. The van der Waals surface area contributed by atoms with Gasteiger partial charge in [0.2, 0.25) is 0 Å². The zero-order valence-electron chi connectivity index (χ0n) is 12.0. The summed E-state index contributed by atoms with van der Waals surface area (Å²) in [4.78, 5) is 23.5. The zero-order valence-corrected chi connectivity index (χ0v) is 13.6. The predicted octanol–water partition coefficient (Wildman–Crippen LogP) is 2.75. The number of carbonyl (C=O) groups excluding carboxylic acids is 1. The highest BCUT2D eigenvalue weighted by atomic mass is 79.9. The second kappa shape index (κ2) is 7.56. The minimum atomic E-state index is -1.10. The van der Waals surface area contributed by atoms with E-state index in [-0.39, 0.29) is 6.42 Å². The number of nitrogens with one attached hydrogen (secondary N) is 1. The van der Waals surface area contributed by atoms with Crippen LogP contribution in [0.15, 0.2) is 53.0 Å². The molecule has 0 aliphatic heterocycles. The largest absolute Gasteiger partial charge is 0.480 e. The summed E-state index contributed by atoms with van der Waals surface area (Å²) in [5.41, 5.74) is 1.54. The fourth-order valence-corrected chi connectivity index (χ4v) is 2.48. The number of carbonyl (C=O) groups is 2. The van der Waals surface area contributed by atoms with Gasteiger partial charge in [0.05, 0.1) is 11.6 Å². The summed E-state index contributed by atoms with van der Waals surface area (Å²) >= 11 is 3.33. The van der Waals surface area contributed by atoms with E-state index in [0.29, 0.717) is 11.1 Å². The average Bonchev–Trinajstić information content (AvgIpc) is 2.54. The molecule has 0 fully saturated rings. The second-order valence-corrected chi connectivity index (χ2v) is 5.80. The number of nitrogens with zero attached hydrogens (tertiary/aromatic N) is 1. The zero-order chi connectivity index (χ0) is 16.8. The van der Waals surface area contributed by atoms with Gasteiger partial charge in [-0.1, -0.05) is 28.1 Å². The minimum Gasteiger partial charge on any atom is -0.480 e. The molecule has 0 heterocycles. The molecule has 0 spiro atoms. The summed E-state index contributed by atoms with van der Waals surface area (Å²) in [6, 6.07) is 14.2. The van der Waals surface area contributed by atoms with Gasteiger partial charge in [-0.25, -0.2) is 4.79 Å². The van der Waals surface area contributed by atoms with Gasteiger partial charge in [-0.05, 0) is 42.0 Å². The van der Waals surface area contributed by atoms with Gasteiger partial charge in [-0.2, -0.15) is 5.26 Å². The fraction of sp³-hybridized carbons (Fsp3) is 0.118. The highest BCUT2D eigenvalue weighted by Crippen LogP contribution is 2.13. The van der Waals surface area contributed by atoms with Gasteiger partial charge >= 0.3 is 5.97 Å². The van der Waals surface area contributed by atoms with Crippen LogP contribution in [0.1, 0.15) is 21.5 Å². The van der Waals surface area contributed by atoms with Crippen LogP contribution in [0.2, 0.25) is 0 Å². The minimum absolute atomic E-state index is 0.177. The molecule has 2 N–H and O–H groups in total. The number of halogens is 1. The molecule has 0 saturated heterocycles. The Kier molecular flexibility index (Phi) is 5.50. The van der Waals surface area contributed by atoms with Gasteiger partial charge < -0.3 is 10.4 Å². The van der Waals surface area contributed by atoms with Crippen LogP contribution in [0.3, 0.4) is 0 Å². The molecule has 2 aromatic rings. The number of hydrogen-bond acceptors (Lipinski definition) is 3. The highest BCUT2D eigenvalue weighted by Gasteiger charge is 2.21.